The summed E-state index contributed by atoms with van der Waals surface area (Å²) in [6.07, 6.45) is 1.28. The van der Waals surface area contributed by atoms with E-state index in [-0.39, 0.29) is 23.7 Å². The summed E-state index contributed by atoms with van der Waals surface area (Å²) in [7, 11) is 0. The number of carboxylic acid groups (broad SMARTS) is 2. The highest BCUT2D eigenvalue weighted by Gasteiger charge is 2.30. The van der Waals surface area contributed by atoms with Gasteiger partial charge in [-0.2, -0.15) is 0 Å². The molecule has 0 saturated heterocycles. The first-order valence-corrected chi connectivity index (χ1v) is 9.36. The van der Waals surface area contributed by atoms with E-state index >= 15 is 0 Å². The quantitative estimate of drug-likeness (QED) is 0.727. The zero-order chi connectivity index (χ0) is 18.1. The molecule has 0 aliphatic rings. The molecule has 24 heavy (non-hydrogen) atoms. The number of carbonyl (C=O) groups is 2. The summed E-state index contributed by atoms with van der Waals surface area (Å²) in [5, 5.41) is 19.5. The van der Waals surface area contributed by atoms with Crippen molar-refractivity contribution in [2.75, 3.05) is 0 Å². The van der Waals surface area contributed by atoms with Gasteiger partial charge in [-0.05, 0) is 12.8 Å². The summed E-state index contributed by atoms with van der Waals surface area (Å²) in [4.78, 5) is 32.6. The number of nitrogens with zero attached hydrogens (tertiary/aromatic N) is 2. The van der Waals surface area contributed by atoms with E-state index in [1.165, 1.54) is 22.7 Å². The van der Waals surface area contributed by atoms with Crippen molar-refractivity contribution in [3.63, 3.8) is 0 Å². The SMILES string of the molecule is CC(C)(CCC(=O)O)c1nc2sc(C(C)(C)CCC(=O)O)nc2s1. The molecule has 2 aromatic heterocycles. The van der Waals surface area contributed by atoms with E-state index in [0.717, 1.165) is 19.7 Å². The molecule has 2 rings (SSSR count). The van der Waals surface area contributed by atoms with Crippen LogP contribution in [0.5, 0.6) is 0 Å². The number of fused-ring (bicyclic) bond motifs is 1. The lowest BCUT2D eigenvalue weighted by Gasteiger charge is -2.21. The predicted octanol–water partition coefficient (Wildman–Crippen LogP) is 4.04. The number of hydrogen-bond acceptors (Lipinski definition) is 6. The standard InChI is InChI=1S/C16H22N2O4S2/c1-15(2,7-5-9(19)20)13-17-11-12(23-13)18-14(24-11)16(3,4)8-6-10(21)22/h5-8H2,1-4H3,(H,19,20)(H,21,22). The zero-order valence-corrected chi connectivity index (χ0v) is 15.9. The third kappa shape index (κ3) is 4.30. The Balaban J connectivity index is 2.21. The Hall–Kier alpha value is -1.54. The summed E-state index contributed by atoms with van der Waals surface area (Å²) in [6.45, 7) is 7.98. The van der Waals surface area contributed by atoms with Crippen molar-refractivity contribution in [1.29, 1.82) is 0 Å². The summed E-state index contributed by atoms with van der Waals surface area (Å²) in [5.74, 6) is -1.61. The fourth-order valence-electron chi connectivity index (χ4n) is 2.27. The van der Waals surface area contributed by atoms with Crippen LogP contribution < -0.4 is 0 Å². The summed E-state index contributed by atoms with van der Waals surface area (Å²) >= 11 is 2.99. The van der Waals surface area contributed by atoms with Crippen LogP contribution in [0.3, 0.4) is 0 Å². The normalized spacial score (nSPS) is 12.7. The Morgan fingerprint density at radius 2 is 1.17 bits per heavy atom. The smallest absolute Gasteiger partial charge is 0.303 e. The van der Waals surface area contributed by atoms with Gasteiger partial charge in [0.1, 0.15) is 10.0 Å². The molecular weight excluding hydrogens is 348 g/mol. The van der Waals surface area contributed by atoms with Crippen LogP contribution >= 0.6 is 22.7 Å². The van der Waals surface area contributed by atoms with E-state index in [2.05, 4.69) is 9.97 Å². The average molecular weight is 370 g/mol. The van der Waals surface area contributed by atoms with E-state index < -0.39 is 11.9 Å². The molecule has 6 nitrogen and oxygen atoms in total. The first kappa shape index (κ1) is 18.8. The minimum atomic E-state index is -0.804. The lowest BCUT2D eigenvalue weighted by atomic mass is 9.88. The van der Waals surface area contributed by atoms with Gasteiger partial charge in [-0.15, -0.1) is 0 Å². The van der Waals surface area contributed by atoms with E-state index in [1.807, 2.05) is 27.7 Å². The molecule has 0 amide bonds. The Bertz CT molecular complexity index is 670. The molecule has 0 aliphatic carbocycles. The third-order valence-corrected chi connectivity index (χ3v) is 6.82. The van der Waals surface area contributed by atoms with Gasteiger partial charge in [0.25, 0.3) is 0 Å². The molecule has 0 atom stereocenters. The van der Waals surface area contributed by atoms with Crippen LogP contribution in [0.25, 0.3) is 9.66 Å². The number of carboxylic acids is 2. The van der Waals surface area contributed by atoms with Crippen molar-refractivity contribution >= 4 is 44.3 Å². The predicted molar refractivity (Wildman–Crippen MR) is 95.1 cm³/mol. The van der Waals surface area contributed by atoms with Crippen molar-refractivity contribution in [3.8, 4) is 0 Å². The van der Waals surface area contributed by atoms with Crippen LogP contribution in [0.2, 0.25) is 0 Å². The van der Waals surface area contributed by atoms with Crippen molar-refractivity contribution in [2.45, 2.75) is 64.2 Å². The lowest BCUT2D eigenvalue weighted by Crippen LogP contribution is -2.19. The monoisotopic (exact) mass is 370 g/mol. The Labute approximate surface area is 148 Å². The molecule has 0 fully saturated rings. The van der Waals surface area contributed by atoms with Crippen molar-refractivity contribution in [1.82, 2.24) is 9.97 Å². The van der Waals surface area contributed by atoms with Crippen LogP contribution in [0.15, 0.2) is 0 Å². The number of hydrogen-bond donors (Lipinski definition) is 2. The first-order chi connectivity index (χ1) is 11.0. The van der Waals surface area contributed by atoms with Crippen LogP contribution in [0, 0.1) is 0 Å². The number of thiazole rings is 2. The molecular formula is C16H22N2O4S2. The maximum Gasteiger partial charge on any atom is 0.303 e. The molecule has 0 aromatic carbocycles. The highest BCUT2D eigenvalue weighted by molar-refractivity contribution is 7.26. The number of aliphatic carboxylic acids is 2. The van der Waals surface area contributed by atoms with Crippen molar-refractivity contribution < 1.29 is 19.8 Å². The number of rotatable bonds is 8. The van der Waals surface area contributed by atoms with Gasteiger partial charge in [0.2, 0.25) is 0 Å². The van der Waals surface area contributed by atoms with Gasteiger partial charge in [-0.3, -0.25) is 9.59 Å². The van der Waals surface area contributed by atoms with Crippen LogP contribution in [0.4, 0.5) is 0 Å². The average Bonchev–Trinajstić information content (AvgIpc) is 3.02. The second-order valence-electron chi connectivity index (χ2n) is 7.20. The van der Waals surface area contributed by atoms with E-state index in [9.17, 15) is 9.59 Å². The molecule has 2 N–H and O–H groups in total. The summed E-state index contributed by atoms with van der Waals surface area (Å²) < 4.78 is 0. The minimum Gasteiger partial charge on any atom is -0.481 e. The maximum atomic E-state index is 10.8. The molecule has 2 aromatic rings. The van der Waals surface area contributed by atoms with Gasteiger partial charge in [0.15, 0.2) is 9.66 Å². The first-order valence-electron chi connectivity index (χ1n) is 7.73. The Morgan fingerprint density at radius 3 is 1.46 bits per heavy atom. The van der Waals surface area contributed by atoms with Crippen molar-refractivity contribution in [3.05, 3.63) is 10.0 Å². The highest BCUT2D eigenvalue weighted by Crippen LogP contribution is 2.40. The van der Waals surface area contributed by atoms with Gasteiger partial charge in [0, 0.05) is 23.7 Å². The van der Waals surface area contributed by atoms with Gasteiger partial charge < -0.3 is 10.2 Å². The molecule has 0 spiro atoms. The van der Waals surface area contributed by atoms with E-state index in [4.69, 9.17) is 10.2 Å². The maximum absolute atomic E-state index is 10.8. The fourth-order valence-corrected chi connectivity index (χ4v) is 4.58. The van der Waals surface area contributed by atoms with Gasteiger partial charge in [-0.1, -0.05) is 50.4 Å². The third-order valence-electron chi connectivity index (χ3n) is 4.06. The van der Waals surface area contributed by atoms with Crippen LogP contribution in [-0.2, 0) is 20.4 Å². The number of aromatic nitrogens is 2. The minimum absolute atomic E-state index is 0.112. The molecule has 8 heteroatoms. The summed E-state index contributed by atoms with van der Waals surface area (Å²) in [6, 6.07) is 0. The molecule has 2 heterocycles. The molecule has 0 unspecified atom stereocenters. The van der Waals surface area contributed by atoms with E-state index in [1.54, 1.807) is 0 Å². The van der Waals surface area contributed by atoms with Gasteiger partial charge in [-0.25, -0.2) is 9.97 Å². The molecule has 0 aliphatic heterocycles. The second-order valence-corrected chi connectivity index (χ2v) is 9.16. The zero-order valence-electron chi connectivity index (χ0n) is 14.3. The fraction of sp³-hybridized carbons (Fsp3) is 0.625. The largest absolute Gasteiger partial charge is 0.481 e. The molecule has 0 bridgehead atoms. The lowest BCUT2D eigenvalue weighted by molar-refractivity contribution is -0.138. The Morgan fingerprint density at radius 1 is 0.833 bits per heavy atom. The highest BCUT2D eigenvalue weighted by atomic mass is 32.1. The van der Waals surface area contributed by atoms with Crippen LogP contribution in [0.1, 0.15) is 63.4 Å². The van der Waals surface area contributed by atoms with E-state index in [0.29, 0.717) is 12.8 Å². The van der Waals surface area contributed by atoms with Crippen LogP contribution in [-0.4, -0.2) is 32.1 Å². The molecule has 132 valence electrons. The Kier molecular flexibility index (Phi) is 5.29. The van der Waals surface area contributed by atoms with Gasteiger partial charge >= 0.3 is 11.9 Å². The summed E-state index contributed by atoms with van der Waals surface area (Å²) in [5.41, 5.74) is -0.606. The molecule has 0 radical (unpaired) electrons. The van der Waals surface area contributed by atoms with Crippen molar-refractivity contribution in [2.24, 2.45) is 0 Å². The molecule has 0 saturated carbocycles. The van der Waals surface area contributed by atoms with Gasteiger partial charge in [0.05, 0.1) is 0 Å². The topological polar surface area (TPSA) is 100 Å². The second kappa shape index (κ2) is 6.76.